The molecule has 0 spiro atoms. The molecule has 7 nitrogen and oxygen atoms in total. The summed E-state index contributed by atoms with van der Waals surface area (Å²) in [6.45, 7) is 7.53. The predicted molar refractivity (Wildman–Crippen MR) is 139 cm³/mol. The third-order valence-electron chi connectivity index (χ3n) is 6.68. The molecule has 2 aliphatic heterocycles. The second-order valence-electron chi connectivity index (χ2n) is 8.97. The maximum atomic E-state index is 13.3. The Morgan fingerprint density at radius 1 is 1.06 bits per heavy atom. The van der Waals surface area contributed by atoms with Gasteiger partial charge >= 0.3 is 0 Å². The number of ether oxygens (including phenoxy) is 1. The molecule has 2 saturated heterocycles. The Morgan fingerprint density at radius 3 is 2.49 bits per heavy atom. The summed E-state index contributed by atoms with van der Waals surface area (Å²) in [7, 11) is -3.77. The molecule has 0 aromatic heterocycles. The highest BCUT2D eigenvalue weighted by molar-refractivity contribution is 7.89. The van der Waals surface area contributed by atoms with Crippen molar-refractivity contribution in [3.05, 3.63) is 52.0 Å². The number of hydrogen-bond acceptors (Lipinski definition) is 5. The van der Waals surface area contributed by atoms with Gasteiger partial charge in [-0.1, -0.05) is 29.3 Å². The van der Waals surface area contributed by atoms with Crippen LogP contribution in [0.1, 0.15) is 25.3 Å². The number of carbonyl (C=O) groups excluding carboxylic acids is 1. The minimum atomic E-state index is -3.77. The van der Waals surface area contributed by atoms with Gasteiger partial charge in [0.05, 0.1) is 22.4 Å². The van der Waals surface area contributed by atoms with Gasteiger partial charge < -0.3 is 14.5 Å². The Hall–Kier alpha value is -2.00. The van der Waals surface area contributed by atoms with Gasteiger partial charge in [-0.05, 0) is 62.6 Å². The first-order valence-electron chi connectivity index (χ1n) is 11.9. The first-order chi connectivity index (χ1) is 16.7. The number of aryl methyl sites for hydroxylation is 1. The highest BCUT2D eigenvalue weighted by Crippen LogP contribution is 2.31. The quantitative estimate of drug-likeness (QED) is 0.542. The lowest BCUT2D eigenvalue weighted by Gasteiger charge is -2.40. The summed E-state index contributed by atoms with van der Waals surface area (Å²) in [4.78, 5) is 17.6. The standard InChI is InChI=1S/C25H31Cl2N3O4S/c1-3-34-24-9-8-21(16-22(24)27)35(32,33)30-10-4-5-19(17-30)25(31)29-13-11-28(12-14-29)23-15-20(26)7-6-18(23)2/h6-9,15-16,19H,3-5,10-14,17H2,1-2H3/t19-/m0/s1. The van der Waals surface area contributed by atoms with Crippen molar-refractivity contribution in [2.75, 3.05) is 50.8 Å². The van der Waals surface area contributed by atoms with Gasteiger partial charge in [0.2, 0.25) is 15.9 Å². The summed E-state index contributed by atoms with van der Waals surface area (Å²) in [5.41, 5.74) is 2.24. The lowest BCUT2D eigenvalue weighted by Crippen LogP contribution is -2.53. The first-order valence-corrected chi connectivity index (χ1v) is 14.1. The summed E-state index contributed by atoms with van der Waals surface area (Å²) in [5, 5.41) is 0.951. The van der Waals surface area contributed by atoms with Crippen molar-refractivity contribution in [1.82, 2.24) is 9.21 Å². The molecule has 4 rings (SSSR count). The Labute approximate surface area is 217 Å². The third-order valence-corrected chi connectivity index (χ3v) is 9.07. The van der Waals surface area contributed by atoms with Crippen molar-refractivity contribution in [3.8, 4) is 5.75 Å². The number of rotatable bonds is 6. The zero-order chi connectivity index (χ0) is 25.2. The fourth-order valence-corrected chi connectivity index (χ4v) is 6.79. The van der Waals surface area contributed by atoms with Crippen LogP contribution in [0.25, 0.3) is 0 Å². The van der Waals surface area contributed by atoms with E-state index < -0.39 is 10.0 Å². The molecule has 2 aromatic rings. The lowest BCUT2D eigenvalue weighted by atomic mass is 9.97. The maximum Gasteiger partial charge on any atom is 0.243 e. The van der Waals surface area contributed by atoms with Gasteiger partial charge in [-0.3, -0.25) is 4.79 Å². The van der Waals surface area contributed by atoms with Crippen LogP contribution in [0.5, 0.6) is 5.75 Å². The van der Waals surface area contributed by atoms with Gasteiger partial charge in [-0.2, -0.15) is 4.31 Å². The largest absolute Gasteiger partial charge is 0.492 e. The van der Waals surface area contributed by atoms with E-state index in [0.717, 1.165) is 11.3 Å². The number of anilines is 1. The number of sulfonamides is 1. The van der Waals surface area contributed by atoms with E-state index in [1.54, 1.807) is 6.07 Å². The predicted octanol–water partition coefficient (Wildman–Crippen LogP) is 4.45. The van der Waals surface area contributed by atoms with E-state index in [1.165, 1.54) is 16.4 Å². The normalized spacial score (nSPS) is 19.6. The Kier molecular flexibility index (Phi) is 8.16. The number of halogens is 2. The minimum Gasteiger partial charge on any atom is -0.492 e. The lowest BCUT2D eigenvalue weighted by molar-refractivity contribution is -0.137. The van der Waals surface area contributed by atoms with E-state index in [-0.39, 0.29) is 28.3 Å². The van der Waals surface area contributed by atoms with E-state index in [9.17, 15) is 13.2 Å². The van der Waals surface area contributed by atoms with Crippen LogP contribution in [0.3, 0.4) is 0 Å². The molecule has 0 N–H and O–H groups in total. The molecule has 190 valence electrons. The molecule has 10 heteroatoms. The van der Waals surface area contributed by atoms with Gasteiger partial charge in [-0.15, -0.1) is 0 Å². The third kappa shape index (κ3) is 5.71. The number of hydrogen-bond donors (Lipinski definition) is 0. The van der Waals surface area contributed by atoms with E-state index in [1.807, 2.05) is 30.0 Å². The molecule has 0 aliphatic carbocycles. The van der Waals surface area contributed by atoms with Gasteiger partial charge in [0.25, 0.3) is 0 Å². The van der Waals surface area contributed by atoms with E-state index in [4.69, 9.17) is 27.9 Å². The number of amides is 1. The maximum absolute atomic E-state index is 13.3. The summed E-state index contributed by atoms with van der Waals surface area (Å²) < 4.78 is 33.4. The van der Waals surface area contributed by atoms with Crippen LogP contribution >= 0.6 is 23.2 Å². The number of nitrogens with zero attached hydrogens (tertiary/aromatic N) is 3. The van der Waals surface area contributed by atoms with E-state index >= 15 is 0 Å². The average Bonchev–Trinajstić information content (AvgIpc) is 2.86. The van der Waals surface area contributed by atoms with Crippen LogP contribution in [0.2, 0.25) is 10.0 Å². The molecule has 2 aromatic carbocycles. The fourth-order valence-electron chi connectivity index (χ4n) is 4.78. The topological polar surface area (TPSA) is 70.2 Å². The highest BCUT2D eigenvalue weighted by atomic mass is 35.5. The van der Waals surface area contributed by atoms with Gasteiger partial charge in [0, 0.05) is 50.0 Å². The molecule has 35 heavy (non-hydrogen) atoms. The van der Waals surface area contributed by atoms with Crippen LogP contribution in [-0.2, 0) is 14.8 Å². The SMILES string of the molecule is CCOc1ccc(S(=O)(=O)N2CCC[C@H](C(=O)N3CCN(c4cc(Cl)ccc4C)CC3)C2)cc1Cl. The van der Waals surface area contributed by atoms with E-state index in [2.05, 4.69) is 11.8 Å². The zero-order valence-electron chi connectivity index (χ0n) is 20.0. The monoisotopic (exact) mass is 539 g/mol. The van der Waals surface area contributed by atoms with Crippen molar-refractivity contribution < 1.29 is 17.9 Å². The number of piperazine rings is 1. The highest BCUT2D eigenvalue weighted by Gasteiger charge is 2.36. The second-order valence-corrected chi connectivity index (χ2v) is 11.8. The molecule has 0 radical (unpaired) electrons. The molecule has 0 unspecified atom stereocenters. The van der Waals surface area contributed by atoms with Crippen molar-refractivity contribution in [2.24, 2.45) is 5.92 Å². The van der Waals surface area contributed by atoms with Crippen molar-refractivity contribution in [3.63, 3.8) is 0 Å². The summed E-state index contributed by atoms with van der Waals surface area (Å²) >= 11 is 12.4. The Bertz CT molecular complexity index is 1180. The molecular weight excluding hydrogens is 509 g/mol. The first kappa shape index (κ1) is 26.1. The Balaban J connectivity index is 1.40. The molecule has 2 heterocycles. The molecular formula is C25H31Cl2N3O4S. The molecule has 0 saturated carbocycles. The van der Waals surface area contributed by atoms with Crippen molar-refractivity contribution >= 4 is 44.8 Å². The van der Waals surface area contributed by atoms with Gasteiger partial charge in [0.1, 0.15) is 5.75 Å². The number of benzene rings is 2. The van der Waals surface area contributed by atoms with E-state index in [0.29, 0.717) is 62.9 Å². The van der Waals surface area contributed by atoms with Crippen molar-refractivity contribution in [2.45, 2.75) is 31.6 Å². The second kappa shape index (κ2) is 10.9. The molecule has 0 bridgehead atoms. The van der Waals surface area contributed by atoms with Crippen molar-refractivity contribution in [1.29, 1.82) is 0 Å². The summed E-state index contributed by atoms with van der Waals surface area (Å²) in [6.07, 6.45) is 1.32. The van der Waals surface area contributed by atoms with Gasteiger partial charge in [-0.25, -0.2) is 8.42 Å². The number of carbonyl (C=O) groups is 1. The fraction of sp³-hybridized carbons (Fsp3) is 0.480. The summed E-state index contributed by atoms with van der Waals surface area (Å²) in [5.74, 6) is 0.125. The average molecular weight is 541 g/mol. The zero-order valence-corrected chi connectivity index (χ0v) is 22.4. The van der Waals surface area contributed by atoms with Crippen LogP contribution < -0.4 is 9.64 Å². The van der Waals surface area contributed by atoms with Crippen LogP contribution in [0, 0.1) is 12.8 Å². The molecule has 1 amide bonds. The summed E-state index contributed by atoms with van der Waals surface area (Å²) in [6, 6.07) is 10.4. The van der Waals surface area contributed by atoms with Crippen LogP contribution in [0.4, 0.5) is 5.69 Å². The Morgan fingerprint density at radius 2 is 1.80 bits per heavy atom. The molecule has 2 fully saturated rings. The van der Waals surface area contributed by atoms with Crippen LogP contribution in [0.15, 0.2) is 41.3 Å². The molecule has 2 aliphatic rings. The minimum absolute atomic E-state index is 0.0251. The van der Waals surface area contributed by atoms with Crippen LogP contribution in [-0.4, -0.2) is 69.4 Å². The van der Waals surface area contributed by atoms with Gasteiger partial charge in [0.15, 0.2) is 0 Å². The number of piperidine rings is 1. The smallest absolute Gasteiger partial charge is 0.243 e. The molecule has 1 atom stereocenters.